The molecule has 2 N–H and O–H groups in total. The summed E-state index contributed by atoms with van der Waals surface area (Å²) in [5.74, 6) is -1.36. The molecule has 0 saturated carbocycles. The van der Waals surface area contributed by atoms with Gasteiger partial charge in [0.2, 0.25) is 5.91 Å². The van der Waals surface area contributed by atoms with Crippen molar-refractivity contribution in [1.82, 2.24) is 19.8 Å². The number of hydrogen-bond acceptors (Lipinski definition) is 8. The van der Waals surface area contributed by atoms with Gasteiger partial charge < -0.3 is 29.7 Å². The van der Waals surface area contributed by atoms with E-state index >= 15 is 0 Å². The molecule has 244 valence electrons. The number of anilines is 2. The molecular weight excluding hydrogens is 608 g/mol. The summed E-state index contributed by atoms with van der Waals surface area (Å²) in [5, 5.41) is 13.3. The first kappa shape index (κ1) is 31.9. The third-order valence-corrected chi connectivity index (χ3v) is 8.32. The fourth-order valence-corrected chi connectivity index (χ4v) is 6.09. The van der Waals surface area contributed by atoms with Gasteiger partial charge in [-0.3, -0.25) is 9.59 Å². The van der Waals surface area contributed by atoms with Crippen LogP contribution in [0.5, 0.6) is 11.5 Å². The quantitative estimate of drug-likeness (QED) is 0.235. The van der Waals surface area contributed by atoms with E-state index in [0.717, 1.165) is 23.3 Å². The van der Waals surface area contributed by atoms with Crippen LogP contribution in [0.2, 0.25) is 0 Å². The van der Waals surface area contributed by atoms with Crippen molar-refractivity contribution in [1.29, 1.82) is 0 Å². The van der Waals surface area contributed by atoms with Gasteiger partial charge in [0.15, 0.2) is 5.82 Å². The maximum absolute atomic E-state index is 14.9. The standard InChI is InChI=1S/C35H35F2N5O5/c1-35(2,45)19-41-15-14-24(33(41)43)20-8-11-22(12-9-20)38-32-30-27(39-31(40-32)29-25(36)6-5-7-26(29)37)18-42(34(30)44)17-21-10-13-23(46-3)16-28(21)47-4/h5-13,16,24,45H,14-15,17-19H2,1-4H3,(H,38,39,40). The van der Waals surface area contributed by atoms with E-state index in [1.54, 1.807) is 61.1 Å². The van der Waals surface area contributed by atoms with Crippen LogP contribution in [0.3, 0.4) is 0 Å². The highest BCUT2D eigenvalue weighted by atomic mass is 19.1. The van der Waals surface area contributed by atoms with Gasteiger partial charge in [0.1, 0.15) is 34.5 Å². The number of β-amino-alcohol motifs (C(OH)–C–C–N with tert-alkyl or cyclic N) is 1. The normalized spacial score (nSPS) is 16.1. The molecule has 47 heavy (non-hydrogen) atoms. The number of hydrogen-bond donors (Lipinski definition) is 2. The van der Waals surface area contributed by atoms with Crippen molar-refractivity contribution in [2.45, 2.75) is 44.9 Å². The molecule has 0 radical (unpaired) electrons. The van der Waals surface area contributed by atoms with Gasteiger partial charge >= 0.3 is 0 Å². The van der Waals surface area contributed by atoms with Gasteiger partial charge in [-0.25, -0.2) is 18.7 Å². The second-order valence-electron chi connectivity index (χ2n) is 12.3. The molecule has 2 aliphatic rings. The molecule has 1 fully saturated rings. The zero-order chi connectivity index (χ0) is 33.5. The number of ether oxygens (including phenoxy) is 2. The molecule has 10 nitrogen and oxygen atoms in total. The first-order valence-electron chi connectivity index (χ1n) is 15.2. The van der Waals surface area contributed by atoms with Crippen LogP contribution in [0.4, 0.5) is 20.3 Å². The van der Waals surface area contributed by atoms with E-state index < -0.39 is 22.8 Å². The van der Waals surface area contributed by atoms with E-state index in [4.69, 9.17) is 9.47 Å². The van der Waals surface area contributed by atoms with Crippen molar-refractivity contribution in [3.05, 3.63) is 94.7 Å². The zero-order valence-corrected chi connectivity index (χ0v) is 26.5. The fourth-order valence-electron chi connectivity index (χ4n) is 6.09. The minimum atomic E-state index is -0.992. The summed E-state index contributed by atoms with van der Waals surface area (Å²) in [5.41, 5.74) is 1.22. The number of halogens is 2. The molecule has 0 bridgehead atoms. The average molecular weight is 644 g/mol. The minimum Gasteiger partial charge on any atom is -0.497 e. The van der Waals surface area contributed by atoms with Gasteiger partial charge in [-0.05, 0) is 62.2 Å². The van der Waals surface area contributed by atoms with Crippen LogP contribution in [-0.4, -0.2) is 69.6 Å². The number of rotatable bonds is 10. The number of fused-ring (bicyclic) bond motifs is 1. The Labute approximate surface area is 271 Å². The molecule has 6 rings (SSSR count). The molecule has 2 amide bonds. The van der Waals surface area contributed by atoms with Crippen LogP contribution >= 0.6 is 0 Å². The van der Waals surface area contributed by atoms with Gasteiger partial charge in [0, 0.05) is 30.4 Å². The van der Waals surface area contributed by atoms with Crippen molar-refractivity contribution in [3.63, 3.8) is 0 Å². The number of benzene rings is 3. The SMILES string of the molecule is COc1ccc(CN2Cc3nc(-c4c(F)cccc4F)nc(Nc4ccc(C5CCN(CC(C)(C)O)C5=O)cc4)c3C2=O)c(OC)c1. The Morgan fingerprint density at radius 1 is 0.957 bits per heavy atom. The van der Waals surface area contributed by atoms with Crippen LogP contribution in [0.15, 0.2) is 60.7 Å². The number of aliphatic hydroxyl groups is 1. The van der Waals surface area contributed by atoms with Crippen LogP contribution in [0, 0.1) is 11.6 Å². The fraction of sp³-hybridized carbons (Fsp3) is 0.314. The Bertz CT molecular complexity index is 1820. The lowest BCUT2D eigenvalue weighted by Gasteiger charge is -2.25. The van der Waals surface area contributed by atoms with Crippen LogP contribution in [0.1, 0.15) is 53.4 Å². The lowest BCUT2D eigenvalue weighted by atomic mass is 9.97. The molecule has 1 saturated heterocycles. The Hall–Kier alpha value is -5.10. The predicted octanol–water partition coefficient (Wildman–Crippen LogP) is 5.43. The van der Waals surface area contributed by atoms with E-state index in [1.807, 2.05) is 12.1 Å². The minimum absolute atomic E-state index is 0.0443. The number of aromatic nitrogens is 2. The number of nitrogens with one attached hydrogen (secondary N) is 1. The number of carbonyl (C=O) groups is 2. The highest BCUT2D eigenvalue weighted by Crippen LogP contribution is 2.36. The summed E-state index contributed by atoms with van der Waals surface area (Å²) < 4.78 is 40.6. The summed E-state index contributed by atoms with van der Waals surface area (Å²) in [6.07, 6.45) is 0.627. The second kappa shape index (κ2) is 12.6. The average Bonchev–Trinajstić information content (AvgIpc) is 3.54. The number of likely N-dealkylation sites (tertiary alicyclic amines) is 1. The number of amides is 2. The highest BCUT2D eigenvalue weighted by molar-refractivity contribution is 6.03. The lowest BCUT2D eigenvalue weighted by molar-refractivity contribution is -0.131. The summed E-state index contributed by atoms with van der Waals surface area (Å²) in [6.45, 7) is 4.40. The van der Waals surface area contributed by atoms with Crippen molar-refractivity contribution in [2.75, 3.05) is 32.6 Å². The summed E-state index contributed by atoms with van der Waals surface area (Å²) in [7, 11) is 3.08. The number of carbonyl (C=O) groups excluding carboxylic acids is 2. The summed E-state index contributed by atoms with van der Waals surface area (Å²) in [6, 6.07) is 16.0. The largest absolute Gasteiger partial charge is 0.497 e. The first-order chi connectivity index (χ1) is 22.5. The van der Waals surface area contributed by atoms with Gasteiger partial charge in [0.05, 0.1) is 50.1 Å². The second-order valence-corrected chi connectivity index (χ2v) is 12.3. The molecule has 0 spiro atoms. The van der Waals surface area contributed by atoms with Gasteiger partial charge in [-0.1, -0.05) is 18.2 Å². The predicted molar refractivity (Wildman–Crippen MR) is 170 cm³/mol. The monoisotopic (exact) mass is 643 g/mol. The highest BCUT2D eigenvalue weighted by Gasteiger charge is 2.36. The Balaban J connectivity index is 1.31. The smallest absolute Gasteiger partial charge is 0.260 e. The third-order valence-electron chi connectivity index (χ3n) is 8.32. The van der Waals surface area contributed by atoms with Gasteiger partial charge in [-0.2, -0.15) is 0 Å². The summed E-state index contributed by atoms with van der Waals surface area (Å²) in [4.78, 5) is 39.0. The molecule has 1 aromatic heterocycles. The van der Waals surface area contributed by atoms with E-state index in [1.165, 1.54) is 13.2 Å². The maximum atomic E-state index is 14.9. The molecule has 12 heteroatoms. The Morgan fingerprint density at radius 3 is 2.34 bits per heavy atom. The molecule has 1 atom stereocenters. The van der Waals surface area contributed by atoms with E-state index in [2.05, 4.69) is 15.3 Å². The lowest BCUT2D eigenvalue weighted by Crippen LogP contribution is -2.39. The first-order valence-corrected chi connectivity index (χ1v) is 15.2. The van der Waals surface area contributed by atoms with Crippen LogP contribution < -0.4 is 14.8 Å². The molecule has 1 unspecified atom stereocenters. The van der Waals surface area contributed by atoms with Crippen molar-refractivity contribution in [3.8, 4) is 22.9 Å². The topological polar surface area (TPSA) is 117 Å². The molecule has 3 heterocycles. The van der Waals surface area contributed by atoms with Crippen LogP contribution in [-0.2, 0) is 17.9 Å². The molecule has 4 aromatic rings. The van der Waals surface area contributed by atoms with E-state index in [9.17, 15) is 23.5 Å². The zero-order valence-electron chi connectivity index (χ0n) is 26.5. The molecule has 0 aliphatic carbocycles. The van der Waals surface area contributed by atoms with Gasteiger partial charge in [0.25, 0.3) is 5.91 Å². The Morgan fingerprint density at radius 2 is 1.68 bits per heavy atom. The van der Waals surface area contributed by atoms with Crippen LogP contribution in [0.25, 0.3) is 11.4 Å². The van der Waals surface area contributed by atoms with Crippen molar-refractivity contribution < 1.29 is 33.0 Å². The molecular formula is C35H35F2N5O5. The number of nitrogens with zero attached hydrogens (tertiary/aromatic N) is 4. The van der Waals surface area contributed by atoms with E-state index in [0.29, 0.717) is 35.8 Å². The third kappa shape index (κ3) is 6.46. The summed E-state index contributed by atoms with van der Waals surface area (Å²) >= 11 is 0. The number of methoxy groups -OCH3 is 2. The van der Waals surface area contributed by atoms with Crippen molar-refractivity contribution >= 4 is 23.3 Å². The Kier molecular flexibility index (Phi) is 8.54. The van der Waals surface area contributed by atoms with E-state index in [-0.39, 0.29) is 54.6 Å². The maximum Gasteiger partial charge on any atom is 0.260 e. The molecule has 3 aromatic carbocycles. The van der Waals surface area contributed by atoms with Crippen molar-refractivity contribution in [2.24, 2.45) is 0 Å². The van der Waals surface area contributed by atoms with Gasteiger partial charge in [-0.15, -0.1) is 0 Å². The molecule has 2 aliphatic heterocycles.